The normalized spacial score (nSPS) is 17.0. The number of fused-ring (bicyclic) bond motifs is 5. The van der Waals surface area contributed by atoms with E-state index >= 15 is 0 Å². The van der Waals surface area contributed by atoms with Gasteiger partial charge in [-0.05, 0) is 109 Å². The zero-order chi connectivity index (χ0) is 47.7. The molecule has 3 aliphatic heterocycles. The van der Waals surface area contributed by atoms with Crippen molar-refractivity contribution in [2.75, 3.05) is 0 Å². The second-order valence-corrected chi connectivity index (χ2v) is 22.1. The highest BCUT2D eigenvalue weighted by molar-refractivity contribution is 5.98. The first kappa shape index (κ1) is 35.2. The Labute approximate surface area is 379 Å². The van der Waals surface area contributed by atoms with Crippen LogP contribution in [0.25, 0.3) is 72.7 Å². The smallest absolute Gasteiger partial charge is 0.392 e. The van der Waals surface area contributed by atoms with Gasteiger partial charge in [-0.1, -0.05) is 156 Å². The molecule has 11 rings (SSSR count). The molecule has 6 aromatic carbocycles. The summed E-state index contributed by atoms with van der Waals surface area (Å²) in [6.45, 7) is 26.2. The zero-order valence-corrected chi connectivity index (χ0v) is 38.7. The zero-order valence-electron chi connectivity index (χ0n) is 42.7. The van der Waals surface area contributed by atoms with Crippen LogP contribution in [0.1, 0.15) is 116 Å². The standard InChI is InChI=1S/C59H59N3O/c1-55(2,3)39-24-20-36(21-25-39)38-30-31-60-50(32-38)47-35-42(58(10,11)12)34-46-43-17-15-18-49-53(43)62-54(44-16-13-14-19-51(44)63-59(60,62)52(46)47)61(49)48-29-28-41(57(7,8)9)33-45(48)37-22-26-40(27-23-37)56(4,5)6/h13-35H,1-12H3/q+2/i20D,21D,24D,25D. The van der Waals surface area contributed by atoms with Crippen molar-refractivity contribution in [3.05, 3.63) is 167 Å². The average Bonchev–Trinajstić information content (AvgIpc) is 3.75. The number of pyridine rings is 1. The number of aromatic nitrogens is 3. The number of hydrogen-bond donors (Lipinski definition) is 0. The second kappa shape index (κ2) is 12.9. The molecule has 0 saturated heterocycles. The van der Waals surface area contributed by atoms with E-state index in [0.717, 1.165) is 72.9 Å². The van der Waals surface area contributed by atoms with E-state index in [9.17, 15) is 2.74 Å². The molecule has 3 aliphatic rings. The van der Waals surface area contributed by atoms with Crippen LogP contribution >= 0.6 is 0 Å². The van der Waals surface area contributed by atoms with E-state index in [1.54, 1.807) is 0 Å². The number of hydrogen-bond acceptors (Lipinski definition) is 1. The van der Waals surface area contributed by atoms with Gasteiger partial charge in [-0.25, -0.2) is 0 Å². The fourth-order valence-electron chi connectivity index (χ4n) is 10.0. The predicted octanol–water partition coefficient (Wildman–Crippen LogP) is 14.0. The molecule has 0 amide bonds. The number of para-hydroxylation sites is 2. The molecule has 314 valence electrons. The van der Waals surface area contributed by atoms with Crippen molar-refractivity contribution in [1.82, 2.24) is 4.57 Å². The molecular formula is C59H59N3O+2. The van der Waals surface area contributed by atoms with E-state index in [2.05, 4.69) is 173 Å². The van der Waals surface area contributed by atoms with Gasteiger partial charge in [0.25, 0.3) is 0 Å². The maximum Gasteiger partial charge on any atom is 0.499 e. The van der Waals surface area contributed by atoms with Gasteiger partial charge in [0.1, 0.15) is 22.6 Å². The molecule has 8 aromatic rings. The van der Waals surface area contributed by atoms with E-state index in [-0.39, 0.29) is 46.0 Å². The lowest BCUT2D eigenvalue weighted by molar-refractivity contribution is -0.997. The van der Waals surface area contributed by atoms with Gasteiger partial charge in [0.05, 0.1) is 11.0 Å². The topological polar surface area (TPSA) is 21.9 Å². The van der Waals surface area contributed by atoms with E-state index in [1.807, 2.05) is 39.1 Å². The van der Waals surface area contributed by atoms with Crippen molar-refractivity contribution in [1.29, 1.82) is 0 Å². The van der Waals surface area contributed by atoms with Crippen molar-refractivity contribution < 1.29 is 19.4 Å². The van der Waals surface area contributed by atoms with Crippen molar-refractivity contribution in [3.8, 4) is 67.5 Å². The SMILES string of the molecule is [2H]c1c([2H])c(C(C)(C)C)c([2H])c([2H])c1-c1cc[n+]2c(c1)-c1cc(C(C)(C)C)cc3c1C21Oc2ccccc2-c2n(-c4ccc(C(C)(C)C)cc4-c4ccc(C(C)(C)C)cc4)c4cccc-3c4[n+]21. The predicted molar refractivity (Wildman–Crippen MR) is 259 cm³/mol. The Balaban J connectivity index is 1.27. The molecule has 4 nitrogen and oxygen atoms in total. The molecule has 2 aromatic heterocycles. The van der Waals surface area contributed by atoms with Gasteiger partial charge in [-0.15, -0.1) is 9.13 Å². The Hall–Kier alpha value is -6.26. The lowest BCUT2D eigenvalue weighted by Crippen LogP contribution is -2.78. The Morgan fingerprint density at radius 1 is 0.508 bits per heavy atom. The van der Waals surface area contributed by atoms with Crippen LogP contribution in [0.5, 0.6) is 5.75 Å². The van der Waals surface area contributed by atoms with Crippen LogP contribution in [-0.4, -0.2) is 4.57 Å². The highest BCUT2D eigenvalue weighted by atomic mass is 16.5. The lowest BCUT2D eigenvalue weighted by atomic mass is 9.80. The minimum absolute atomic E-state index is 0.00427. The highest BCUT2D eigenvalue weighted by Gasteiger charge is 2.68. The van der Waals surface area contributed by atoms with Gasteiger partial charge in [0.15, 0.2) is 17.2 Å². The minimum atomic E-state index is -1.21. The van der Waals surface area contributed by atoms with Crippen LogP contribution < -0.4 is 13.9 Å². The summed E-state index contributed by atoms with van der Waals surface area (Å²) in [6, 6.07) is 39.8. The molecule has 1 unspecified atom stereocenters. The summed E-state index contributed by atoms with van der Waals surface area (Å²) in [5.74, 6) is 0.552. The molecule has 0 radical (unpaired) electrons. The summed E-state index contributed by atoms with van der Waals surface area (Å²) >= 11 is 0. The van der Waals surface area contributed by atoms with E-state index in [4.69, 9.17) is 7.48 Å². The van der Waals surface area contributed by atoms with Crippen molar-refractivity contribution >= 4 is 11.0 Å². The van der Waals surface area contributed by atoms with E-state index in [0.29, 0.717) is 11.1 Å². The van der Waals surface area contributed by atoms with Crippen molar-refractivity contribution in [2.45, 2.75) is 111 Å². The van der Waals surface area contributed by atoms with E-state index in [1.165, 1.54) is 16.7 Å². The van der Waals surface area contributed by atoms with Gasteiger partial charge in [-0.2, -0.15) is 4.57 Å². The van der Waals surface area contributed by atoms with E-state index < -0.39 is 11.3 Å². The maximum absolute atomic E-state index is 9.35. The van der Waals surface area contributed by atoms with Crippen LogP contribution in [0, 0.1) is 0 Å². The van der Waals surface area contributed by atoms with Gasteiger partial charge in [0, 0.05) is 28.8 Å². The second-order valence-electron chi connectivity index (χ2n) is 22.1. The molecule has 0 N–H and O–H groups in total. The third kappa shape index (κ3) is 5.72. The molecule has 0 saturated carbocycles. The number of imidazole rings is 1. The summed E-state index contributed by atoms with van der Waals surface area (Å²) in [6.07, 6.45) is 2.04. The maximum atomic E-state index is 9.35. The molecular weight excluding hydrogens is 767 g/mol. The molecule has 1 spiro atoms. The molecule has 0 bridgehead atoms. The first-order valence-corrected chi connectivity index (χ1v) is 22.4. The van der Waals surface area contributed by atoms with Crippen LogP contribution in [0.2, 0.25) is 0 Å². The monoisotopic (exact) mass is 829 g/mol. The third-order valence-corrected chi connectivity index (χ3v) is 13.6. The fourth-order valence-corrected chi connectivity index (χ4v) is 10.0. The number of ether oxygens (including phenoxy) is 1. The first-order valence-electron chi connectivity index (χ1n) is 24.4. The van der Waals surface area contributed by atoms with Crippen LogP contribution in [-0.2, 0) is 27.5 Å². The first-order chi connectivity index (χ1) is 31.4. The van der Waals surface area contributed by atoms with Gasteiger partial charge in [-0.3, -0.25) is 0 Å². The molecule has 1 atom stereocenters. The van der Waals surface area contributed by atoms with Crippen LogP contribution in [0.3, 0.4) is 0 Å². The molecule has 0 fully saturated rings. The average molecular weight is 830 g/mol. The molecule has 4 heteroatoms. The van der Waals surface area contributed by atoms with Crippen LogP contribution in [0.15, 0.2) is 140 Å². The minimum Gasteiger partial charge on any atom is -0.392 e. The summed E-state index contributed by atoms with van der Waals surface area (Å²) in [5, 5.41) is 0. The number of benzene rings is 6. The van der Waals surface area contributed by atoms with Crippen LogP contribution in [0.4, 0.5) is 0 Å². The molecule has 63 heavy (non-hydrogen) atoms. The molecule has 5 heterocycles. The van der Waals surface area contributed by atoms with Crippen molar-refractivity contribution in [2.24, 2.45) is 0 Å². The summed E-state index contributed by atoms with van der Waals surface area (Å²) in [4.78, 5) is 0. The fraction of sp³-hybridized carbons (Fsp3) is 0.288. The Morgan fingerprint density at radius 2 is 1.13 bits per heavy atom. The lowest BCUT2D eigenvalue weighted by Gasteiger charge is -2.33. The third-order valence-electron chi connectivity index (χ3n) is 13.6. The largest absolute Gasteiger partial charge is 0.499 e. The number of rotatable bonds is 3. The Morgan fingerprint density at radius 3 is 1.81 bits per heavy atom. The Bertz CT molecular complexity index is 3430. The highest BCUT2D eigenvalue weighted by Crippen LogP contribution is 2.54. The summed E-state index contributed by atoms with van der Waals surface area (Å²) in [7, 11) is 0. The summed E-state index contributed by atoms with van der Waals surface area (Å²) < 4.78 is 51.8. The Kier molecular flexibility index (Phi) is 7.22. The van der Waals surface area contributed by atoms with Crippen molar-refractivity contribution in [3.63, 3.8) is 0 Å². The van der Waals surface area contributed by atoms with Gasteiger partial charge < -0.3 is 4.74 Å². The molecule has 0 aliphatic carbocycles. The number of nitrogens with zero attached hydrogens (tertiary/aromatic N) is 3. The summed E-state index contributed by atoms with van der Waals surface area (Å²) in [5.41, 5.74) is 15.8. The van der Waals surface area contributed by atoms with Gasteiger partial charge in [0.2, 0.25) is 5.69 Å². The quantitative estimate of drug-likeness (QED) is 0.163. The van der Waals surface area contributed by atoms with Gasteiger partial charge >= 0.3 is 11.7 Å².